The Hall–Kier alpha value is -0.760. The molecule has 0 fully saturated rings. The van der Waals surface area contributed by atoms with Gasteiger partial charge in [0.25, 0.3) is 7.82 Å². The molecule has 2 N–H and O–H groups in total. The number of aliphatic hydroxyl groups excluding tert-OH is 1. The molecule has 0 aliphatic rings. The van der Waals surface area contributed by atoms with Gasteiger partial charge in [-0.3, -0.25) is 9.36 Å². The molecule has 0 saturated carbocycles. The number of amides is 1. The highest BCUT2D eigenvalue weighted by Crippen LogP contribution is 2.38. The van der Waals surface area contributed by atoms with Gasteiger partial charge >= 0.3 is 0 Å². The Bertz CT molecular complexity index is 1000. The van der Waals surface area contributed by atoms with Crippen molar-refractivity contribution < 1.29 is 32.9 Å². The minimum absolute atomic E-state index is 0.0143. The van der Waals surface area contributed by atoms with E-state index in [1.165, 1.54) is 199 Å². The lowest BCUT2D eigenvalue weighted by atomic mass is 10.0. The van der Waals surface area contributed by atoms with Crippen LogP contribution in [0.5, 0.6) is 0 Å². The molecular formula is C52H105N2O6P. The molecule has 0 aromatic heterocycles. The van der Waals surface area contributed by atoms with E-state index < -0.39 is 20.0 Å². The zero-order valence-corrected chi connectivity index (χ0v) is 42.3. The summed E-state index contributed by atoms with van der Waals surface area (Å²) in [6.07, 6.45) is 52.5. The summed E-state index contributed by atoms with van der Waals surface area (Å²) >= 11 is 0. The van der Waals surface area contributed by atoms with Crippen molar-refractivity contribution in [1.82, 2.24) is 5.32 Å². The van der Waals surface area contributed by atoms with Crippen LogP contribution in [0, 0.1) is 0 Å². The lowest BCUT2D eigenvalue weighted by Gasteiger charge is -2.30. The number of allylic oxidation sites excluding steroid dienone is 2. The standard InChI is InChI=1S/C52H105N2O6P/c1-6-8-10-12-14-16-18-19-20-21-22-23-24-25-26-27-28-29-30-31-32-33-34-35-36-38-40-42-44-46-52(56)53-50(49-60-61(57,58)59-48-47-54(3,4)5)51(55)45-43-41-39-37-17-15-13-11-9-7-2/h25-26,50-51,55H,6-24,27-49H2,1-5H3,(H-,53,56,57,58)/b26-25-. The van der Waals surface area contributed by atoms with Crippen LogP contribution < -0.4 is 10.2 Å². The number of likely N-dealkylation sites (N-methyl/N-ethyl adjacent to an activating group) is 1. The number of carbonyl (C=O) groups excluding carboxylic acids is 1. The Labute approximate surface area is 380 Å². The van der Waals surface area contributed by atoms with E-state index >= 15 is 0 Å². The molecule has 9 heteroatoms. The third-order valence-corrected chi connectivity index (χ3v) is 13.2. The Balaban J connectivity index is 3.99. The molecule has 0 bridgehead atoms. The normalized spacial score (nSPS) is 14.1. The van der Waals surface area contributed by atoms with E-state index in [9.17, 15) is 19.4 Å². The van der Waals surface area contributed by atoms with Gasteiger partial charge in [0, 0.05) is 6.42 Å². The molecule has 0 heterocycles. The maximum atomic E-state index is 12.9. The third-order valence-electron chi connectivity index (χ3n) is 12.3. The van der Waals surface area contributed by atoms with Crippen molar-refractivity contribution >= 4 is 13.7 Å². The third kappa shape index (κ3) is 47.0. The van der Waals surface area contributed by atoms with E-state index in [-0.39, 0.29) is 19.1 Å². The average molecular weight is 885 g/mol. The highest BCUT2D eigenvalue weighted by atomic mass is 31.2. The van der Waals surface area contributed by atoms with Crippen molar-refractivity contribution in [3.63, 3.8) is 0 Å². The van der Waals surface area contributed by atoms with Gasteiger partial charge in [-0.05, 0) is 38.5 Å². The van der Waals surface area contributed by atoms with Gasteiger partial charge < -0.3 is 28.8 Å². The molecule has 0 aromatic rings. The Kier molecular flexibility index (Phi) is 43.9. The molecule has 1 amide bonds. The second-order valence-corrected chi connectivity index (χ2v) is 21.0. The number of aliphatic hydroxyl groups is 1. The first kappa shape index (κ1) is 60.2. The van der Waals surface area contributed by atoms with Crippen LogP contribution in [0.25, 0.3) is 0 Å². The zero-order valence-electron chi connectivity index (χ0n) is 41.4. The van der Waals surface area contributed by atoms with Crippen molar-refractivity contribution in [2.24, 2.45) is 0 Å². The molecule has 0 aliphatic heterocycles. The van der Waals surface area contributed by atoms with Crippen LogP contribution >= 0.6 is 7.82 Å². The fourth-order valence-electron chi connectivity index (χ4n) is 8.04. The highest BCUT2D eigenvalue weighted by molar-refractivity contribution is 7.45. The quantitative estimate of drug-likeness (QED) is 0.0273. The molecule has 3 atom stereocenters. The van der Waals surface area contributed by atoms with Gasteiger partial charge in [-0.15, -0.1) is 0 Å². The van der Waals surface area contributed by atoms with Crippen molar-refractivity contribution in [2.75, 3.05) is 40.9 Å². The first-order valence-corrected chi connectivity index (χ1v) is 28.0. The molecule has 3 unspecified atom stereocenters. The zero-order chi connectivity index (χ0) is 45.0. The lowest BCUT2D eigenvalue weighted by Crippen LogP contribution is -2.46. The lowest BCUT2D eigenvalue weighted by molar-refractivity contribution is -0.870. The summed E-state index contributed by atoms with van der Waals surface area (Å²) in [7, 11) is 1.31. The fourth-order valence-corrected chi connectivity index (χ4v) is 8.76. The van der Waals surface area contributed by atoms with Crippen LogP contribution in [-0.4, -0.2) is 68.5 Å². The summed E-state index contributed by atoms with van der Waals surface area (Å²) in [5, 5.41) is 13.9. The minimum atomic E-state index is -4.56. The van der Waals surface area contributed by atoms with E-state index in [1.807, 2.05) is 21.1 Å². The first-order chi connectivity index (χ1) is 29.5. The van der Waals surface area contributed by atoms with Crippen molar-refractivity contribution in [2.45, 2.75) is 276 Å². The minimum Gasteiger partial charge on any atom is -0.756 e. The maximum absolute atomic E-state index is 12.9. The van der Waals surface area contributed by atoms with E-state index in [0.29, 0.717) is 23.9 Å². The number of nitrogens with one attached hydrogen (secondary N) is 1. The Morgan fingerprint density at radius 3 is 1.28 bits per heavy atom. The van der Waals surface area contributed by atoms with Gasteiger partial charge in [0.15, 0.2) is 0 Å². The van der Waals surface area contributed by atoms with Crippen molar-refractivity contribution in [3.8, 4) is 0 Å². The van der Waals surface area contributed by atoms with Crippen LogP contribution in [-0.2, 0) is 18.4 Å². The van der Waals surface area contributed by atoms with Crippen LogP contribution in [0.2, 0.25) is 0 Å². The van der Waals surface area contributed by atoms with Gasteiger partial charge in [-0.1, -0.05) is 231 Å². The number of carbonyl (C=O) groups is 1. The van der Waals surface area contributed by atoms with E-state index in [4.69, 9.17) is 9.05 Å². The number of hydrogen-bond donors (Lipinski definition) is 2. The smallest absolute Gasteiger partial charge is 0.268 e. The molecule has 0 rings (SSSR count). The van der Waals surface area contributed by atoms with E-state index in [1.54, 1.807) is 0 Å². The van der Waals surface area contributed by atoms with Gasteiger partial charge in [-0.2, -0.15) is 0 Å². The summed E-state index contributed by atoms with van der Waals surface area (Å²) in [6.45, 7) is 4.73. The average Bonchev–Trinajstić information content (AvgIpc) is 3.21. The van der Waals surface area contributed by atoms with Crippen LogP contribution in [0.1, 0.15) is 264 Å². The van der Waals surface area contributed by atoms with Crippen molar-refractivity contribution in [3.05, 3.63) is 12.2 Å². The van der Waals surface area contributed by atoms with Gasteiger partial charge in [0.05, 0.1) is 39.9 Å². The molecule has 61 heavy (non-hydrogen) atoms. The number of phosphoric ester groups is 1. The molecule has 364 valence electrons. The largest absolute Gasteiger partial charge is 0.756 e. The second-order valence-electron chi connectivity index (χ2n) is 19.6. The fraction of sp³-hybridized carbons (Fsp3) is 0.942. The van der Waals surface area contributed by atoms with Gasteiger partial charge in [0.1, 0.15) is 13.2 Å². The molecule has 0 radical (unpaired) electrons. The highest BCUT2D eigenvalue weighted by Gasteiger charge is 2.24. The molecule has 0 aliphatic carbocycles. The Morgan fingerprint density at radius 2 is 0.902 bits per heavy atom. The summed E-state index contributed by atoms with van der Waals surface area (Å²) < 4.78 is 23.3. The molecule has 0 saturated heterocycles. The number of phosphoric acid groups is 1. The van der Waals surface area contributed by atoms with E-state index in [2.05, 4.69) is 31.3 Å². The Morgan fingerprint density at radius 1 is 0.557 bits per heavy atom. The number of rotatable bonds is 49. The second kappa shape index (κ2) is 44.4. The van der Waals surface area contributed by atoms with Crippen LogP contribution in [0.15, 0.2) is 12.2 Å². The number of quaternary nitrogens is 1. The first-order valence-electron chi connectivity index (χ1n) is 26.5. The topological polar surface area (TPSA) is 108 Å². The predicted molar refractivity (Wildman–Crippen MR) is 261 cm³/mol. The summed E-state index contributed by atoms with van der Waals surface area (Å²) in [5.41, 5.74) is 0. The monoisotopic (exact) mass is 885 g/mol. The van der Waals surface area contributed by atoms with Crippen LogP contribution in [0.4, 0.5) is 0 Å². The van der Waals surface area contributed by atoms with Crippen LogP contribution in [0.3, 0.4) is 0 Å². The van der Waals surface area contributed by atoms with E-state index in [0.717, 1.165) is 38.5 Å². The summed E-state index contributed by atoms with van der Waals surface area (Å²) in [4.78, 5) is 25.4. The van der Waals surface area contributed by atoms with Crippen molar-refractivity contribution in [1.29, 1.82) is 0 Å². The summed E-state index contributed by atoms with van der Waals surface area (Å²) in [5.74, 6) is -0.163. The molecular weight excluding hydrogens is 780 g/mol. The molecule has 8 nitrogen and oxygen atoms in total. The van der Waals surface area contributed by atoms with Gasteiger partial charge in [-0.25, -0.2) is 0 Å². The number of hydrogen-bond acceptors (Lipinski definition) is 6. The molecule has 0 spiro atoms. The van der Waals surface area contributed by atoms with Gasteiger partial charge in [0.2, 0.25) is 5.91 Å². The number of nitrogens with zero attached hydrogens (tertiary/aromatic N) is 1. The predicted octanol–water partition coefficient (Wildman–Crippen LogP) is 14.8. The SMILES string of the molecule is CCCCCCCCCCCCCC/C=C\CCCCCCCCCCCCCCCC(=O)NC(COP(=O)([O-])OCC[N+](C)(C)C)C(O)CCCCCCCCCCCC. The molecule has 0 aromatic carbocycles. The maximum Gasteiger partial charge on any atom is 0.268 e. The summed E-state index contributed by atoms with van der Waals surface area (Å²) in [6, 6.07) is -0.795. The number of unbranched alkanes of at least 4 members (excludes halogenated alkanes) is 34.